The van der Waals surface area contributed by atoms with E-state index >= 15 is 0 Å². The highest BCUT2D eigenvalue weighted by Gasteiger charge is 2.11. The fourth-order valence-corrected chi connectivity index (χ4v) is 1.36. The maximum Gasteiger partial charge on any atom is 0.133 e. The lowest BCUT2D eigenvalue weighted by molar-refractivity contribution is 0.414. The van der Waals surface area contributed by atoms with Crippen molar-refractivity contribution >= 4 is 5.69 Å². The molecule has 0 radical (unpaired) electrons. The van der Waals surface area contributed by atoms with Gasteiger partial charge in [0.15, 0.2) is 0 Å². The van der Waals surface area contributed by atoms with E-state index in [9.17, 15) is 4.39 Å². The highest BCUT2D eigenvalue weighted by molar-refractivity contribution is 5.73. The zero-order valence-electron chi connectivity index (χ0n) is 8.64. The Kier molecular flexibility index (Phi) is 2.68. The minimum atomic E-state index is -0.409. The molecule has 2 aromatic rings. The fourth-order valence-electron chi connectivity index (χ4n) is 1.36. The Morgan fingerprint density at radius 2 is 2.12 bits per heavy atom. The molecule has 1 heterocycles. The molecular weight excluding hydrogens is 209 g/mol. The summed E-state index contributed by atoms with van der Waals surface area (Å²) in [6.45, 7) is 0. The van der Waals surface area contributed by atoms with E-state index < -0.39 is 5.82 Å². The molecule has 0 spiro atoms. The highest BCUT2D eigenvalue weighted by atomic mass is 19.1. The third-order valence-electron chi connectivity index (χ3n) is 2.18. The zero-order valence-corrected chi connectivity index (χ0v) is 8.64. The van der Waals surface area contributed by atoms with Gasteiger partial charge in [0.2, 0.25) is 0 Å². The van der Waals surface area contributed by atoms with E-state index in [0.717, 1.165) is 0 Å². The first kappa shape index (κ1) is 10.4. The molecule has 0 saturated heterocycles. The lowest BCUT2D eigenvalue weighted by atomic mass is 10.1. The normalized spacial score (nSPS) is 10.1. The monoisotopic (exact) mass is 219 g/mol. The summed E-state index contributed by atoms with van der Waals surface area (Å²) in [6.07, 6.45) is 1.46. The molecule has 5 heteroatoms. The lowest BCUT2D eigenvalue weighted by Gasteiger charge is -2.06. The third-order valence-corrected chi connectivity index (χ3v) is 2.18. The van der Waals surface area contributed by atoms with Gasteiger partial charge in [0.05, 0.1) is 19.0 Å². The van der Waals surface area contributed by atoms with Gasteiger partial charge in [0.25, 0.3) is 0 Å². The van der Waals surface area contributed by atoms with Gasteiger partial charge in [-0.15, -0.1) is 5.10 Å². The highest BCUT2D eigenvalue weighted by Crippen LogP contribution is 2.28. The summed E-state index contributed by atoms with van der Waals surface area (Å²) in [5.74, 6) is 0.134. The Labute approximate surface area is 91.9 Å². The van der Waals surface area contributed by atoms with Crippen molar-refractivity contribution in [3.63, 3.8) is 0 Å². The van der Waals surface area contributed by atoms with Gasteiger partial charge in [0.1, 0.15) is 17.3 Å². The number of hydrogen-bond donors (Lipinski definition) is 1. The van der Waals surface area contributed by atoms with Gasteiger partial charge in [-0.2, -0.15) is 5.10 Å². The number of halogens is 1. The van der Waals surface area contributed by atoms with Crippen LogP contribution in [-0.4, -0.2) is 17.3 Å². The minimum Gasteiger partial charge on any atom is -0.497 e. The molecule has 1 aromatic carbocycles. The second-order valence-electron chi connectivity index (χ2n) is 3.18. The summed E-state index contributed by atoms with van der Waals surface area (Å²) < 4.78 is 18.6. The lowest BCUT2D eigenvalue weighted by Crippen LogP contribution is -1.97. The summed E-state index contributed by atoms with van der Waals surface area (Å²) in [4.78, 5) is 0. The third kappa shape index (κ3) is 1.79. The van der Waals surface area contributed by atoms with E-state index in [4.69, 9.17) is 10.5 Å². The Balaban J connectivity index is 2.59. The SMILES string of the molecule is COc1ccc(F)c(-c2nnccc2N)c1. The second-order valence-corrected chi connectivity index (χ2v) is 3.18. The van der Waals surface area contributed by atoms with E-state index in [1.165, 1.54) is 31.5 Å². The van der Waals surface area contributed by atoms with Crippen LogP contribution in [0.15, 0.2) is 30.5 Å². The Morgan fingerprint density at radius 1 is 1.31 bits per heavy atom. The quantitative estimate of drug-likeness (QED) is 0.837. The molecule has 0 saturated carbocycles. The average Bonchev–Trinajstić information content (AvgIpc) is 2.31. The summed E-state index contributed by atoms with van der Waals surface area (Å²) in [7, 11) is 1.51. The molecule has 16 heavy (non-hydrogen) atoms. The van der Waals surface area contributed by atoms with Crippen molar-refractivity contribution in [3.8, 4) is 17.0 Å². The van der Waals surface area contributed by atoms with Crippen molar-refractivity contribution in [1.82, 2.24) is 10.2 Å². The predicted octanol–water partition coefficient (Wildman–Crippen LogP) is 1.87. The molecule has 0 unspecified atom stereocenters. The molecule has 0 bridgehead atoms. The topological polar surface area (TPSA) is 61.0 Å². The van der Waals surface area contributed by atoms with Gasteiger partial charge in [-0.3, -0.25) is 0 Å². The summed E-state index contributed by atoms with van der Waals surface area (Å²) in [6, 6.07) is 5.95. The molecule has 2 rings (SSSR count). The van der Waals surface area contributed by atoms with Crippen LogP contribution in [-0.2, 0) is 0 Å². The zero-order chi connectivity index (χ0) is 11.5. The standard InChI is InChI=1S/C11H10FN3O/c1-16-7-2-3-9(12)8(6-7)11-10(13)4-5-14-15-11/h2-6H,1H3,(H2,13,14). The number of nitrogen functional groups attached to an aromatic ring is 1. The molecule has 0 aliphatic rings. The number of ether oxygens (including phenoxy) is 1. The van der Waals surface area contributed by atoms with E-state index in [0.29, 0.717) is 17.1 Å². The van der Waals surface area contributed by atoms with Gasteiger partial charge >= 0.3 is 0 Å². The van der Waals surface area contributed by atoms with Crippen molar-refractivity contribution in [1.29, 1.82) is 0 Å². The first-order chi connectivity index (χ1) is 7.72. The predicted molar refractivity (Wildman–Crippen MR) is 58.4 cm³/mol. The van der Waals surface area contributed by atoms with Crippen LogP contribution in [0.25, 0.3) is 11.3 Å². The maximum absolute atomic E-state index is 13.6. The largest absolute Gasteiger partial charge is 0.497 e. The average molecular weight is 219 g/mol. The van der Waals surface area contributed by atoms with Crippen LogP contribution >= 0.6 is 0 Å². The number of aromatic nitrogens is 2. The first-order valence-corrected chi connectivity index (χ1v) is 4.63. The van der Waals surface area contributed by atoms with Crippen molar-refractivity contribution in [2.75, 3.05) is 12.8 Å². The molecule has 0 aliphatic carbocycles. The van der Waals surface area contributed by atoms with Crippen molar-refractivity contribution < 1.29 is 9.13 Å². The van der Waals surface area contributed by atoms with Crippen LogP contribution in [0.2, 0.25) is 0 Å². The number of benzene rings is 1. The summed E-state index contributed by atoms with van der Waals surface area (Å²) >= 11 is 0. The summed E-state index contributed by atoms with van der Waals surface area (Å²) in [5.41, 5.74) is 6.68. The number of hydrogen-bond acceptors (Lipinski definition) is 4. The van der Waals surface area contributed by atoms with Crippen LogP contribution in [0.3, 0.4) is 0 Å². The van der Waals surface area contributed by atoms with Crippen molar-refractivity contribution in [2.45, 2.75) is 0 Å². The van der Waals surface area contributed by atoms with E-state index in [2.05, 4.69) is 10.2 Å². The number of anilines is 1. The molecule has 0 fully saturated rings. The minimum absolute atomic E-state index is 0.282. The van der Waals surface area contributed by atoms with Crippen LogP contribution in [0.1, 0.15) is 0 Å². The molecule has 0 amide bonds. The second kappa shape index (κ2) is 4.14. The molecule has 4 nitrogen and oxygen atoms in total. The van der Waals surface area contributed by atoms with Crippen LogP contribution in [0.5, 0.6) is 5.75 Å². The van der Waals surface area contributed by atoms with E-state index in [1.807, 2.05) is 0 Å². The van der Waals surface area contributed by atoms with Gasteiger partial charge in [-0.1, -0.05) is 0 Å². The smallest absolute Gasteiger partial charge is 0.133 e. The Morgan fingerprint density at radius 3 is 2.81 bits per heavy atom. The van der Waals surface area contributed by atoms with Crippen LogP contribution in [0.4, 0.5) is 10.1 Å². The van der Waals surface area contributed by atoms with Crippen LogP contribution < -0.4 is 10.5 Å². The maximum atomic E-state index is 13.6. The molecule has 1 aromatic heterocycles. The molecular formula is C11H10FN3O. The van der Waals surface area contributed by atoms with E-state index in [1.54, 1.807) is 6.07 Å². The summed E-state index contributed by atoms with van der Waals surface area (Å²) in [5, 5.41) is 7.50. The van der Waals surface area contributed by atoms with Gasteiger partial charge < -0.3 is 10.5 Å². The van der Waals surface area contributed by atoms with Gasteiger partial charge in [0, 0.05) is 5.56 Å². The first-order valence-electron chi connectivity index (χ1n) is 4.63. The fraction of sp³-hybridized carbons (Fsp3) is 0.0909. The number of nitrogens with zero attached hydrogens (tertiary/aromatic N) is 2. The van der Waals surface area contributed by atoms with Crippen molar-refractivity contribution in [2.24, 2.45) is 0 Å². The number of nitrogens with two attached hydrogens (primary N) is 1. The number of methoxy groups -OCH3 is 1. The van der Waals surface area contributed by atoms with Gasteiger partial charge in [-0.25, -0.2) is 4.39 Å². The molecule has 2 N–H and O–H groups in total. The Bertz CT molecular complexity index is 516. The Hall–Kier alpha value is -2.17. The van der Waals surface area contributed by atoms with Gasteiger partial charge in [-0.05, 0) is 24.3 Å². The molecule has 82 valence electrons. The molecule has 0 aliphatic heterocycles. The molecule has 0 atom stereocenters. The van der Waals surface area contributed by atoms with Crippen LogP contribution in [0, 0.1) is 5.82 Å². The van der Waals surface area contributed by atoms with Crippen molar-refractivity contribution in [3.05, 3.63) is 36.3 Å². The number of rotatable bonds is 2. The van der Waals surface area contributed by atoms with E-state index in [-0.39, 0.29) is 5.56 Å².